The van der Waals surface area contributed by atoms with Crippen molar-refractivity contribution in [2.24, 2.45) is 5.92 Å². The summed E-state index contributed by atoms with van der Waals surface area (Å²) in [4.78, 5) is 12.3. The molecule has 0 radical (unpaired) electrons. The molecule has 0 amide bonds. The Labute approximate surface area is 102 Å². The molecule has 2 rings (SSSR count). The van der Waals surface area contributed by atoms with Crippen LogP contribution >= 0.6 is 0 Å². The molecule has 0 bridgehead atoms. The molecule has 0 spiro atoms. The van der Waals surface area contributed by atoms with Crippen molar-refractivity contribution in [2.45, 2.75) is 37.8 Å². The van der Waals surface area contributed by atoms with E-state index < -0.39 is 21.0 Å². The van der Waals surface area contributed by atoms with Crippen LogP contribution in [0.5, 0.6) is 0 Å². The van der Waals surface area contributed by atoms with Gasteiger partial charge in [0.2, 0.25) is 0 Å². The summed E-state index contributed by atoms with van der Waals surface area (Å²) in [7, 11) is -3.36. The Hall–Kier alpha value is -1.16. The second kappa shape index (κ2) is 3.67. The van der Waals surface area contributed by atoms with Gasteiger partial charge in [0.25, 0.3) is 0 Å². The van der Waals surface area contributed by atoms with E-state index in [0.29, 0.717) is 5.56 Å². The molecule has 1 aliphatic rings. The Morgan fingerprint density at radius 1 is 1.06 bits per heavy atom. The van der Waals surface area contributed by atoms with Crippen LogP contribution in [0.15, 0.2) is 17.0 Å². The highest BCUT2D eigenvalue weighted by Crippen LogP contribution is 2.34. The predicted octanol–water partition coefficient (Wildman–Crippen LogP) is 2.30. The normalized spacial score (nSPS) is 26.7. The molecule has 0 N–H and O–H groups in total. The minimum atomic E-state index is -3.36. The first-order valence-electron chi connectivity index (χ1n) is 5.66. The topological polar surface area (TPSA) is 51.2 Å². The molecule has 1 aromatic rings. The van der Waals surface area contributed by atoms with Crippen LogP contribution in [0.4, 0.5) is 0 Å². The summed E-state index contributed by atoms with van der Waals surface area (Å²) < 4.78 is 24.5. The third-order valence-corrected chi connectivity index (χ3v) is 6.11. The van der Waals surface area contributed by atoms with Crippen LogP contribution in [0.2, 0.25) is 0 Å². The van der Waals surface area contributed by atoms with Crippen molar-refractivity contribution in [1.82, 2.24) is 0 Å². The fourth-order valence-electron chi connectivity index (χ4n) is 2.15. The van der Waals surface area contributed by atoms with Gasteiger partial charge in [0.15, 0.2) is 15.6 Å². The van der Waals surface area contributed by atoms with E-state index in [1.165, 1.54) is 0 Å². The van der Waals surface area contributed by atoms with E-state index in [-0.39, 0.29) is 10.7 Å². The summed E-state index contributed by atoms with van der Waals surface area (Å²) in [6, 6.07) is 3.33. The maximum atomic E-state index is 12.3. The van der Waals surface area contributed by atoms with Crippen LogP contribution in [0.3, 0.4) is 0 Å². The van der Waals surface area contributed by atoms with Crippen LogP contribution in [-0.4, -0.2) is 19.5 Å². The quantitative estimate of drug-likeness (QED) is 0.712. The van der Waals surface area contributed by atoms with Crippen molar-refractivity contribution >= 4 is 15.6 Å². The average Bonchev–Trinajstić information content (AvgIpc) is 2.27. The summed E-state index contributed by atoms with van der Waals surface area (Å²) in [6.45, 7) is 7.04. The van der Waals surface area contributed by atoms with E-state index in [0.717, 1.165) is 11.1 Å². The molecule has 0 aliphatic carbocycles. The van der Waals surface area contributed by atoms with Gasteiger partial charge >= 0.3 is 0 Å². The van der Waals surface area contributed by atoms with Crippen LogP contribution in [0.1, 0.15) is 35.3 Å². The lowest BCUT2D eigenvalue weighted by Crippen LogP contribution is -2.37. The summed E-state index contributed by atoms with van der Waals surface area (Å²) in [5, 5.41) is -0.635. The first-order valence-corrected chi connectivity index (χ1v) is 7.21. The summed E-state index contributed by atoms with van der Waals surface area (Å²) in [5.74, 6) is -0.528. The van der Waals surface area contributed by atoms with Crippen LogP contribution in [-0.2, 0) is 9.84 Å². The van der Waals surface area contributed by atoms with Gasteiger partial charge in [-0.3, -0.25) is 4.79 Å². The number of ketones is 1. The van der Waals surface area contributed by atoms with Gasteiger partial charge in [-0.25, -0.2) is 8.42 Å². The van der Waals surface area contributed by atoms with Crippen molar-refractivity contribution in [2.75, 3.05) is 0 Å². The highest BCUT2D eigenvalue weighted by Gasteiger charge is 2.40. The van der Waals surface area contributed by atoms with E-state index in [1.807, 2.05) is 13.8 Å². The molecule has 1 heterocycles. The second-order valence-electron chi connectivity index (χ2n) is 4.84. The van der Waals surface area contributed by atoms with Gasteiger partial charge in [-0.15, -0.1) is 0 Å². The number of fused-ring (bicyclic) bond motifs is 1. The first-order chi connectivity index (χ1) is 7.76. The van der Waals surface area contributed by atoms with Gasteiger partial charge in [-0.05, 0) is 44.0 Å². The number of sulfone groups is 1. The maximum Gasteiger partial charge on any atom is 0.182 e. The minimum Gasteiger partial charge on any atom is -0.294 e. The second-order valence-corrected chi connectivity index (χ2v) is 7.11. The summed E-state index contributed by atoms with van der Waals surface area (Å²) in [6.07, 6.45) is 0. The summed E-state index contributed by atoms with van der Waals surface area (Å²) >= 11 is 0. The van der Waals surface area contributed by atoms with Gasteiger partial charge in [0.1, 0.15) is 0 Å². The monoisotopic (exact) mass is 252 g/mol. The molecular weight excluding hydrogens is 236 g/mol. The minimum absolute atomic E-state index is 0.0644. The number of carbonyl (C=O) groups is 1. The number of rotatable bonds is 0. The molecule has 0 aromatic heterocycles. The Morgan fingerprint density at radius 2 is 1.59 bits per heavy atom. The van der Waals surface area contributed by atoms with Gasteiger partial charge in [-0.2, -0.15) is 0 Å². The third-order valence-electron chi connectivity index (χ3n) is 3.78. The van der Waals surface area contributed by atoms with Crippen molar-refractivity contribution < 1.29 is 13.2 Å². The molecule has 1 aliphatic heterocycles. The Balaban J connectivity index is 2.83. The lowest BCUT2D eigenvalue weighted by Gasteiger charge is -2.27. The molecule has 3 nitrogen and oxygen atoms in total. The molecular formula is C13H16O3S. The fourth-order valence-corrected chi connectivity index (χ4v) is 4.01. The van der Waals surface area contributed by atoms with Crippen molar-refractivity contribution in [3.05, 3.63) is 28.8 Å². The van der Waals surface area contributed by atoms with E-state index >= 15 is 0 Å². The molecule has 0 saturated carbocycles. The molecule has 1 aromatic carbocycles. The number of hydrogen-bond donors (Lipinski definition) is 0. The SMILES string of the molecule is Cc1cc2c(cc1C)S(=O)(=O)C(C)C(C)C2=O. The molecule has 4 heteroatoms. The number of aryl methyl sites for hydroxylation is 2. The zero-order valence-corrected chi connectivity index (χ0v) is 11.3. The van der Waals surface area contributed by atoms with Gasteiger partial charge in [0.05, 0.1) is 10.1 Å². The third kappa shape index (κ3) is 1.62. The fraction of sp³-hybridized carbons (Fsp3) is 0.462. The standard InChI is InChI=1S/C13H16O3S/c1-7-5-11-12(6-8(7)2)17(15,16)10(4)9(3)13(11)14/h5-6,9-10H,1-4H3. The van der Waals surface area contributed by atoms with Crippen molar-refractivity contribution in [3.63, 3.8) is 0 Å². The number of hydrogen-bond acceptors (Lipinski definition) is 3. The first kappa shape index (κ1) is 12.3. The molecule has 2 unspecified atom stereocenters. The highest BCUT2D eigenvalue weighted by molar-refractivity contribution is 7.92. The smallest absolute Gasteiger partial charge is 0.182 e. The predicted molar refractivity (Wildman–Crippen MR) is 66.1 cm³/mol. The van der Waals surface area contributed by atoms with E-state index in [2.05, 4.69) is 0 Å². The highest BCUT2D eigenvalue weighted by atomic mass is 32.2. The summed E-state index contributed by atoms with van der Waals surface area (Å²) in [5.41, 5.74) is 2.22. The molecule has 0 fully saturated rings. The van der Waals surface area contributed by atoms with Gasteiger partial charge < -0.3 is 0 Å². The largest absolute Gasteiger partial charge is 0.294 e. The molecule has 2 atom stereocenters. The Morgan fingerprint density at radius 3 is 2.18 bits per heavy atom. The van der Waals surface area contributed by atoms with Crippen LogP contribution in [0.25, 0.3) is 0 Å². The van der Waals surface area contributed by atoms with Crippen molar-refractivity contribution in [1.29, 1.82) is 0 Å². The lowest BCUT2D eigenvalue weighted by molar-refractivity contribution is 0.0920. The Kier molecular flexibility index (Phi) is 2.65. The maximum absolute atomic E-state index is 12.3. The molecule has 0 saturated heterocycles. The molecule has 92 valence electrons. The van der Waals surface area contributed by atoms with Crippen LogP contribution < -0.4 is 0 Å². The van der Waals surface area contributed by atoms with E-state index in [1.54, 1.807) is 26.0 Å². The van der Waals surface area contributed by atoms with Gasteiger partial charge in [0, 0.05) is 11.5 Å². The zero-order chi connectivity index (χ0) is 13.0. The van der Waals surface area contributed by atoms with Crippen LogP contribution in [0, 0.1) is 19.8 Å². The lowest BCUT2D eigenvalue weighted by atomic mass is 9.94. The zero-order valence-electron chi connectivity index (χ0n) is 10.4. The van der Waals surface area contributed by atoms with Gasteiger partial charge in [-0.1, -0.05) is 6.92 Å². The molecule has 17 heavy (non-hydrogen) atoms. The number of Topliss-reactive ketones (excluding diaryl/α,β-unsaturated/α-hetero) is 1. The number of benzene rings is 1. The Bertz CT molecular complexity index is 599. The number of carbonyl (C=O) groups excluding carboxylic acids is 1. The van der Waals surface area contributed by atoms with E-state index in [9.17, 15) is 13.2 Å². The van der Waals surface area contributed by atoms with E-state index in [4.69, 9.17) is 0 Å². The van der Waals surface area contributed by atoms with Crippen molar-refractivity contribution in [3.8, 4) is 0 Å². The average molecular weight is 252 g/mol.